The highest BCUT2D eigenvalue weighted by molar-refractivity contribution is 5.94. The molecular weight excluding hydrogens is 326 g/mol. The zero-order valence-corrected chi connectivity index (χ0v) is 15.1. The Morgan fingerprint density at radius 1 is 1.12 bits per heavy atom. The standard InChI is InChI=1S/C21H25N3O2/c1-15-4-6-16(7-5-15)17-8-9-18(22)19(12-17)23-20(25)24-13-21(14-24)10-2-3-11-26-21/h4-9,12H,2-3,10-11,13-14,22H2,1H3,(H,23,25). The van der Waals surface area contributed by atoms with Gasteiger partial charge in [0.05, 0.1) is 24.5 Å². The minimum atomic E-state index is -0.113. The van der Waals surface area contributed by atoms with Crippen LogP contribution in [-0.2, 0) is 4.74 Å². The number of ether oxygens (including phenoxy) is 1. The van der Waals surface area contributed by atoms with Crippen molar-refractivity contribution in [1.29, 1.82) is 0 Å². The molecule has 4 rings (SSSR count). The van der Waals surface area contributed by atoms with E-state index in [-0.39, 0.29) is 11.6 Å². The average molecular weight is 351 g/mol. The number of likely N-dealkylation sites (tertiary alicyclic amines) is 1. The molecule has 2 saturated heterocycles. The van der Waals surface area contributed by atoms with Crippen molar-refractivity contribution in [2.75, 3.05) is 30.7 Å². The number of nitrogens with one attached hydrogen (secondary N) is 1. The highest BCUT2D eigenvalue weighted by atomic mass is 16.5. The molecule has 0 unspecified atom stereocenters. The van der Waals surface area contributed by atoms with Crippen LogP contribution in [0, 0.1) is 6.92 Å². The van der Waals surface area contributed by atoms with Gasteiger partial charge in [0.1, 0.15) is 5.60 Å². The predicted molar refractivity (Wildman–Crippen MR) is 104 cm³/mol. The number of nitrogens with two attached hydrogens (primary N) is 1. The number of hydrogen-bond donors (Lipinski definition) is 2. The first-order valence-electron chi connectivity index (χ1n) is 9.21. The first kappa shape index (κ1) is 16.9. The van der Waals surface area contributed by atoms with E-state index in [1.807, 2.05) is 18.2 Å². The molecule has 0 aromatic heterocycles. The molecule has 0 bridgehead atoms. The van der Waals surface area contributed by atoms with Crippen molar-refractivity contribution in [2.24, 2.45) is 0 Å². The summed E-state index contributed by atoms with van der Waals surface area (Å²) in [6, 6.07) is 13.9. The van der Waals surface area contributed by atoms with Gasteiger partial charge >= 0.3 is 6.03 Å². The lowest BCUT2D eigenvalue weighted by atomic mass is 9.86. The molecule has 0 saturated carbocycles. The third-order valence-corrected chi connectivity index (χ3v) is 5.36. The van der Waals surface area contributed by atoms with Crippen LogP contribution in [0.15, 0.2) is 42.5 Å². The minimum Gasteiger partial charge on any atom is -0.397 e. The number of benzene rings is 2. The molecule has 0 radical (unpaired) electrons. The van der Waals surface area contributed by atoms with Gasteiger partial charge in [-0.2, -0.15) is 0 Å². The largest absolute Gasteiger partial charge is 0.397 e. The average Bonchev–Trinajstić information content (AvgIpc) is 2.63. The molecule has 2 aliphatic rings. The Balaban J connectivity index is 1.45. The molecule has 1 spiro atoms. The van der Waals surface area contributed by atoms with Gasteiger partial charge in [0.15, 0.2) is 0 Å². The summed E-state index contributed by atoms with van der Waals surface area (Å²) in [4.78, 5) is 14.4. The van der Waals surface area contributed by atoms with E-state index in [1.54, 1.807) is 4.90 Å². The van der Waals surface area contributed by atoms with Crippen LogP contribution in [0.25, 0.3) is 11.1 Å². The fourth-order valence-electron chi connectivity index (χ4n) is 3.74. The third-order valence-electron chi connectivity index (χ3n) is 5.36. The fourth-order valence-corrected chi connectivity index (χ4v) is 3.74. The summed E-state index contributed by atoms with van der Waals surface area (Å²) in [5.41, 5.74) is 10.5. The predicted octanol–water partition coefficient (Wildman–Crippen LogP) is 4.03. The summed E-state index contributed by atoms with van der Waals surface area (Å²) in [6.07, 6.45) is 3.35. The van der Waals surface area contributed by atoms with Crippen molar-refractivity contribution in [2.45, 2.75) is 31.8 Å². The van der Waals surface area contributed by atoms with Gasteiger partial charge in [0.25, 0.3) is 0 Å². The number of rotatable bonds is 2. The maximum Gasteiger partial charge on any atom is 0.322 e. The first-order valence-corrected chi connectivity index (χ1v) is 9.21. The number of amides is 2. The van der Waals surface area contributed by atoms with Gasteiger partial charge in [-0.3, -0.25) is 0 Å². The molecule has 0 aliphatic carbocycles. The van der Waals surface area contributed by atoms with E-state index in [4.69, 9.17) is 10.5 Å². The maximum atomic E-state index is 12.6. The number of nitrogen functional groups attached to an aromatic ring is 1. The topological polar surface area (TPSA) is 67.6 Å². The number of aryl methyl sites for hydroxylation is 1. The van der Waals surface area contributed by atoms with Crippen LogP contribution < -0.4 is 11.1 Å². The number of anilines is 2. The molecule has 2 amide bonds. The number of carbonyl (C=O) groups excluding carboxylic acids is 1. The van der Waals surface area contributed by atoms with E-state index in [0.29, 0.717) is 24.5 Å². The molecule has 5 nitrogen and oxygen atoms in total. The Hall–Kier alpha value is -2.53. The number of carbonyl (C=O) groups is 1. The molecular formula is C21H25N3O2. The van der Waals surface area contributed by atoms with Crippen LogP contribution in [0.5, 0.6) is 0 Å². The van der Waals surface area contributed by atoms with Crippen molar-refractivity contribution in [3.8, 4) is 11.1 Å². The number of urea groups is 1. The van der Waals surface area contributed by atoms with Crippen LogP contribution >= 0.6 is 0 Å². The highest BCUT2D eigenvalue weighted by Gasteiger charge is 2.47. The summed E-state index contributed by atoms with van der Waals surface area (Å²) < 4.78 is 5.90. The first-order chi connectivity index (χ1) is 12.5. The zero-order valence-electron chi connectivity index (χ0n) is 15.1. The smallest absolute Gasteiger partial charge is 0.322 e. The monoisotopic (exact) mass is 351 g/mol. The molecule has 26 heavy (non-hydrogen) atoms. The Morgan fingerprint density at radius 2 is 1.85 bits per heavy atom. The SMILES string of the molecule is Cc1ccc(-c2ccc(N)c(NC(=O)N3CC4(CCCCO4)C3)c2)cc1. The van der Waals surface area contributed by atoms with Crippen molar-refractivity contribution in [3.05, 3.63) is 48.0 Å². The Kier molecular flexibility index (Phi) is 4.32. The van der Waals surface area contributed by atoms with Crippen LogP contribution in [0.3, 0.4) is 0 Å². The molecule has 3 N–H and O–H groups in total. The van der Waals surface area contributed by atoms with Crippen molar-refractivity contribution < 1.29 is 9.53 Å². The van der Waals surface area contributed by atoms with Crippen molar-refractivity contribution in [3.63, 3.8) is 0 Å². The second-order valence-corrected chi connectivity index (χ2v) is 7.44. The molecule has 2 aromatic carbocycles. The summed E-state index contributed by atoms with van der Waals surface area (Å²) in [6.45, 7) is 4.20. The van der Waals surface area contributed by atoms with Crippen molar-refractivity contribution >= 4 is 17.4 Å². The Labute approximate surface area is 154 Å². The van der Waals surface area contributed by atoms with Crippen LogP contribution in [0.4, 0.5) is 16.2 Å². The summed E-state index contributed by atoms with van der Waals surface area (Å²) in [5.74, 6) is 0. The number of nitrogens with zero attached hydrogens (tertiary/aromatic N) is 1. The number of hydrogen-bond acceptors (Lipinski definition) is 3. The lowest BCUT2D eigenvalue weighted by Crippen LogP contribution is -2.66. The van der Waals surface area contributed by atoms with Crippen molar-refractivity contribution in [1.82, 2.24) is 4.90 Å². The van der Waals surface area contributed by atoms with Crippen LogP contribution in [-0.4, -0.2) is 36.2 Å². The van der Waals surface area contributed by atoms with E-state index in [9.17, 15) is 4.79 Å². The lowest BCUT2D eigenvalue weighted by molar-refractivity contribution is -0.149. The summed E-state index contributed by atoms with van der Waals surface area (Å²) >= 11 is 0. The maximum absolute atomic E-state index is 12.6. The molecule has 2 aromatic rings. The molecule has 136 valence electrons. The van der Waals surface area contributed by atoms with E-state index < -0.39 is 0 Å². The second kappa shape index (κ2) is 6.65. The van der Waals surface area contributed by atoms with Gasteiger partial charge in [-0.05, 0) is 49.4 Å². The zero-order chi connectivity index (χ0) is 18.1. The Morgan fingerprint density at radius 3 is 2.54 bits per heavy atom. The molecule has 5 heteroatoms. The quantitative estimate of drug-likeness (QED) is 0.803. The van der Waals surface area contributed by atoms with E-state index in [0.717, 1.165) is 30.6 Å². The van der Waals surface area contributed by atoms with Gasteiger partial charge < -0.3 is 20.7 Å². The molecule has 2 fully saturated rings. The van der Waals surface area contributed by atoms with Gasteiger partial charge in [-0.1, -0.05) is 35.9 Å². The highest BCUT2D eigenvalue weighted by Crippen LogP contribution is 2.35. The van der Waals surface area contributed by atoms with Crippen LogP contribution in [0.2, 0.25) is 0 Å². The van der Waals surface area contributed by atoms with Gasteiger partial charge in [-0.15, -0.1) is 0 Å². The fraction of sp³-hybridized carbons (Fsp3) is 0.381. The molecule has 0 atom stereocenters. The van der Waals surface area contributed by atoms with E-state index in [2.05, 4.69) is 36.5 Å². The normalized spacial score (nSPS) is 18.4. The molecule has 2 heterocycles. The van der Waals surface area contributed by atoms with E-state index in [1.165, 1.54) is 12.0 Å². The Bertz CT molecular complexity index is 803. The second-order valence-electron chi connectivity index (χ2n) is 7.44. The van der Waals surface area contributed by atoms with Crippen LogP contribution in [0.1, 0.15) is 24.8 Å². The minimum absolute atomic E-state index is 0.106. The van der Waals surface area contributed by atoms with Gasteiger partial charge in [-0.25, -0.2) is 4.79 Å². The summed E-state index contributed by atoms with van der Waals surface area (Å²) in [5, 5.41) is 2.96. The van der Waals surface area contributed by atoms with E-state index >= 15 is 0 Å². The van der Waals surface area contributed by atoms with Gasteiger partial charge in [0.2, 0.25) is 0 Å². The summed E-state index contributed by atoms with van der Waals surface area (Å²) in [7, 11) is 0. The third kappa shape index (κ3) is 3.27. The lowest BCUT2D eigenvalue weighted by Gasteiger charge is -2.51. The van der Waals surface area contributed by atoms with Gasteiger partial charge in [0, 0.05) is 6.61 Å². The molecule has 2 aliphatic heterocycles.